The zero-order chi connectivity index (χ0) is 25.3. The maximum absolute atomic E-state index is 13.4. The lowest BCUT2D eigenvalue weighted by Crippen LogP contribution is -2.55. The molecule has 1 unspecified atom stereocenters. The molecule has 3 aromatic rings. The van der Waals surface area contributed by atoms with Crippen LogP contribution in [0.25, 0.3) is 0 Å². The summed E-state index contributed by atoms with van der Waals surface area (Å²) in [5, 5.41) is 0. The number of amides is 1. The first-order chi connectivity index (χ1) is 17.3. The summed E-state index contributed by atoms with van der Waals surface area (Å²) in [5.74, 6) is 1.27. The number of piperazine rings is 1. The maximum atomic E-state index is 13.4. The predicted molar refractivity (Wildman–Crippen MR) is 129 cm³/mol. The van der Waals surface area contributed by atoms with Crippen molar-refractivity contribution in [2.45, 2.75) is 25.7 Å². The molecule has 0 saturated carbocycles. The molecule has 1 saturated heterocycles. The molecule has 5 rings (SSSR count). The normalized spacial score (nSPS) is 17.3. The topological polar surface area (TPSA) is 54.4 Å². The van der Waals surface area contributed by atoms with Crippen LogP contribution in [0.1, 0.15) is 23.6 Å². The highest BCUT2D eigenvalue weighted by Gasteiger charge is 2.34. The fourth-order valence-electron chi connectivity index (χ4n) is 4.37. The largest absolute Gasteiger partial charge is 0.454 e. The van der Waals surface area contributed by atoms with Crippen LogP contribution in [-0.4, -0.2) is 47.4 Å². The van der Waals surface area contributed by atoms with E-state index in [0.29, 0.717) is 36.8 Å². The van der Waals surface area contributed by atoms with E-state index in [1.807, 2.05) is 54.3 Å². The number of hydrogen-bond acceptors (Lipinski definition) is 5. The maximum Gasteiger partial charge on any atom is 0.416 e. The van der Waals surface area contributed by atoms with Crippen LogP contribution < -0.4 is 4.74 Å². The standard InChI is InChI=1S/C27H24F3N3O3/c1-18-16-32(13-14-33(18)26(34)35-17-19-7-3-2-4-8-19)25-21-9-5-6-10-23(21)36-24-12-11-20(27(28,29)30)15-22(24)31-25/h2-12,15,18H,13-14,16-17H2,1H3. The van der Waals surface area contributed by atoms with Gasteiger partial charge in [-0.2, -0.15) is 13.2 Å². The molecule has 0 aliphatic carbocycles. The first kappa shape index (κ1) is 23.7. The third-order valence-corrected chi connectivity index (χ3v) is 6.23. The van der Waals surface area contributed by atoms with Crippen molar-refractivity contribution in [3.63, 3.8) is 0 Å². The number of alkyl halides is 3. The molecule has 1 fully saturated rings. The highest BCUT2D eigenvalue weighted by molar-refractivity contribution is 6.04. The Morgan fingerprint density at radius 1 is 1.03 bits per heavy atom. The van der Waals surface area contributed by atoms with E-state index >= 15 is 0 Å². The van der Waals surface area contributed by atoms with Gasteiger partial charge < -0.3 is 19.3 Å². The molecule has 0 bridgehead atoms. The number of rotatable bonds is 2. The Kier molecular flexibility index (Phi) is 6.30. The van der Waals surface area contributed by atoms with Gasteiger partial charge in [0.2, 0.25) is 0 Å². The first-order valence-electron chi connectivity index (χ1n) is 11.6. The SMILES string of the molecule is CC1CN(C2=Nc3cc(C(F)(F)F)ccc3Oc3ccccc32)CCN1C(=O)OCc1ccccc1. The van der Waals surface area contributed by atoms with Gasteiger partial charge in [0.15, 0.2) is 5.75 Å². The van der Waals surface area contributed by atoms with E-state index in [0.717, 1.165) is 17.7 Å². The Hall–Kier alpha value is -4.01. The highest BCUT2D eigenvalue weighted by atomic mass is 19.4. The molecule has 0 spiro atoms. The van der Waals surface area contributed by atoms with Gasteiger partial charge in [-0.3, -0.25) is 0 Å². The molecule has 0 aromatic heterocycles. The van der Waals surface area contributed by atoms with E-state index < -0.39 is 17.8 Å². The van der Waals surface area contributed by atoms with Crippen LogP contribution >= 0.6 is 0 Å². The Labute approximate surface area is 206 Å². The summed E-state index contributed by atoms with van der Waals surface area (Å²) in [6, 6.07) is 19.7. The summed E-state index contributed by atoms with van der Waals surface area (Å²) in [4.78, 5) is 21.0. The van der Waals surface area contributed by atoms with Gasteiger partial charge in [0.1, 0.15) is 23.9 Å². The van der Waals surface area contributed by atoms with Crippen LogP contribution in [0.5, 0.6) is 11.5 Å². The molecule has 9 heteroatoms. The molecular weight excluding hydrogens is 471 g/mol. The van der Waals surface area contributed by atoms with Gasteiger partial charge >= 0.3 is 12.3 Å². The van der Waals surface area contributed by atoms with Crippen LogP contribution in [-0.2, 0) is 17.5 Å². The van der Waals surface area contributed by atoms with Crippen molar-refractivity contribution in [3.05, 3.63) is 89.5 Å². The molecule has 2 aliphatic heterocycles. The summed E-state index contributed by atoms with van der Waals surface area (Å²) in [6.07, 6.45) is -4.90. The predicted octanol–water partition coefficient (Wildman–Crippen LogP) is 6.23. The first-order valence-corrected chi connectivity index (χ1v) is 11.6. The number of aliphatic imine (C=N–C) groups is 1. The number of ether oxygens (including phenoxy) is 2. The van der Waals surface area contributed by atoms with E-state index in [4.69, 9.17) is 9.47 Å². The molecule has 3 aromatic carbocycles. The smallest absolute Gasteiger partial charge is 0.416 e. The molecule has 2 aliphatic rings. The number of benzene rings is 3. The van der Waals surface area contributed by atoms with Gasteiger partial charge in [-0.15, -0.1) is 0 Å². The number of amidine groups is 1. The summed E-state index contributed by atoms with van der Waals surface area (Å²) >= 11 is 0. The zero-order valence-corrected chi connectivity index (χ0v) is 19.5. The zero-order valence-electron chi connectivity index (χ0n) is 19.5. The van der Waals surface area contributed by atoms with Gasteiger partial charge in [0.05, 0.1) is 11.1 Å². The van der Waals surface area contributed by atoms with E-state index in [1.165, 1.54) is 6.07 Å². The number of fused-ring (bicyclic) bond motifs is 2. The number of nitrogens with zero attached hydrogens (tertiary/aromatic N) is 3. The fourth-order valence-corrected chi connectivity index (χ4v) is 4.37. The highest BCUT2D eigenvalue weighted by Crippen LogP contribution is 2.41. The lowest BCUT2D eigenvalue weighted by molar-refractivity contribution is -0.137. The summed E-state index contributed by atoms with van der Waals surface area (Å²) in [6.45, 7) is 3.34. The average molecular weight is 496 g/mol. The molecular formula is C27H24F3N3O3. The molecule has 36 heavy (non-hydrogen) atoms. The van der Waals surface area contributed by atoms with E-state index in [2.05, 4.69) is 4.99 Å². The van der Waals surface area contributed by atoms with Crippen LogP contribution in [0.2, 0.25) is 0 Å². The van der Waals surface area contributed by atoms with E-state index in [1.54, 1.807) is 17.0 Å². The number of carbonyl (C=O) groups is 1. The molecule has 0 radical (unpaired) electrons. The third kappa shape index (κ3) is 4.86. The average Bonchev–Trinajstić information content (AvgIpc) is 3.03. The number of halogens is 3. The third-order valence-electron chi connectivity index (χ3n) is 6.23. The second-order valence-electron chi connectivity index (χ2n) is 8.74. The fraction of sp³-hybridized carbons (Fsp3) is 0.259. The van der Waals surface area contributed by atoms with E-state index in [-0.39, 0.29) is 24.1 Å². The molecule has 1 atom stereocenters. The Morgan fingerprint density at radius 3 is 2.53 bits per heavy atom. The molecule has 0 N–H and O–H groups in total. The van der Waals surface area contributed by atoms with Crippen LogP contribution in [0.15, 0.2) is 77.8 Å². The quantitative estimate of drug-likeness (QED) is 0.423. The minimum Gasteiger partial charge on any atom is -0.454 e. The number of para-hydroxylation sites is 1. The van der Waals surface area contributed by atoms with Crippen molar-refractivity contribution in [1.29, 1.82) is 0 Å². The summed E-state index contributed by atoms with van der Waals surface area (Å²) in [7, 11) is 0. The van der Waals surface area contributed by atoms with Crippen LogP contribution in [0.3, 0.4) is 0 Å². The second kappa shape index (κ2) is 9.56. The second-order valence-corrected chi connectivity index (χ2v) is 8.74. The van der Waals surface area contributed by atoms with Gasteiger partial charge in [0.25, 0.3) is 0 Å². The molecule has 6 nitrogen and oxygen atoms in total. The summed E-state index contributed by atoms with van der Waals surface area (Å²) in [5.41, 5.74) is 0.889. The number of carbonyl (C=O) groups excluding carboxylic acids is 1. The van der Waals surface area contributed by atoms with Crippen molar-refractivity contribution in [1.82, 2.24) is 9.80 Å². The number of hydrogen-bond donors (Lipinski definition) is 0. The van der Waals surface area contributed by atoms with E-state index in [9.17, 15) is 18.0 Å². The Bertz CT molecular complexity index is 1290. The monoisotopic (exact) mass is 495 g/mol. The molecule has 186 valence electrons. The van der Waals surface area contributed by atoms with Crippen molar-refractivity contribution in [2.75, 3.05) is 19.6 Å². The molecule has 1 amide bonds. The van der Waals surface area contributed by atoms with Gasteiger partial charge in [0, 0.05) is 25.7 Å². The van der Waals surface area contributed by atoms with Gasteiger partial charge in [-0.1, -0.05) is 42.5 Å². The van der Waals surface area contributed by atoms with Crippen molar-refractivity contribution < 1.29 is 27.4 Å². The van der Waals surface area contributed by atoms with Crippen molar-refractivity contribution in [2.24, 2.45) is 4.99 Å². The van der Waals surface area contributed by atoms with Crippen LogP contribution in [0, 0.1) is 0 Å². The lowest BCUT2D eigenvalue weighted by atomic mass is 10.1. The summed E-state index contributed by atoms with van der Waals surface area (Å²) < 4.78 is 51.6. The van der Waals surface area contributed by atoms with Crippen LogP contribution in [0.4, 0.5) is 23.7 Å². The Morgan fingerprint density at radius 2 is 1.78 bits per heavy atom. The minimum atomic E-state index is -4.50. The van der Waals surface area contributed by atoms with Crippen molar-refractivity contribution >= 4 is 17.6 Å². The Balaban J connectivity index is 1.38. The van der Waals surface area contributed by atoms with Crippen molar-refractivity contribution in [3.8, 4) is 11.5 Å². The van der Waals surface area contributed by atoms with Gasteiger partial charge in [-0.25, -0.2) is 9.79 Å². The molecule has 2 heterocycles. The lowest BCUT2D eigenvalue weighted by Gasteiger charge is -2.40. The van der Waals surface area contributed by atoms with Gasteiger partial charge in [-0.05, 0) is 42.8 Å². The minimum absolute atomic E-state index is 0.105.